The molecule has 0 fully saturated rings. The second kappa shape index (κ2) is 55.7. The molecule has 2 atom stereocenters. The van der Waals surface area contributed by atoms with Gasteiger partial charge in [0.05, 0.1) is 34.4 Å². The lowest BCUT2D eigenvalue weighted by Gasteiger charge is -2.25. The minimum absolute atomic E-state index is 0.178. The molecule has 73 heavy (non-hydrogen) atoms. The van der Waals surface area contributed by atoms with E-state index < -0.39 is 24.3 Å². The third-order valence-electron chi connectivity index (χ3n) is 13.9. The number of carbonyl (C=O) groups excluding carboxylic acids is 2. The fourth-order valence-electron chi connectivity index (χ4n) is 9.08. The maximum Gasteiger partial charge on any atom is 0.361 e. The van der Waals surface area contributed by atoms with Crippen molar-refractivity contribution in [1.82, 2.24) is 0 Å². The molecular weight excluding hydrogens is 911 g/mol. The molecule has 428 valence electrons. The highest BCUT2D eigenvalue weighted by atomic mass is 16.7. The molecule has 0 saturated carbocycles. The Morgan fingerprint density at radius 2 is 0.740 bits per heavy atom. The third-order valence-corrected chi connectivity index (χ3v) is 13.9. The van der Waals surface area contributed by atoms with Crippen molar-refractivity contribution in [2.75, 3.05) is 47.5 Å². The average Bonchev–Trinajstić information content (AvgIpc) is 3.36. The van der Waals surface area contributed by atoms with E-state index in [1.54, 1.807) is 0 Å². The Bertz CT molecular complexity index is 1290. The van der Waals surface area contributed by atoms with Gasteiger partial charge in [-0.25, -0.2) is 4.79 Å². The Hall–Kier alpha value is -2.49. The SMILES string of the molecule is CCCCCCC/C=C\C/C=C\C/C=C\CCCCCCCCCCCCCCC(=O)OC(COC(=O)CCCCCCCCCCCCCCCCCCCCCCC)COC(OCC[N+](C)(C)C)C(=O)O. The van der Waals surface area contributed by atoms with Gasteiger partial charge in [-0.3, -0.25) is 9.59 Å². The molecule has 0 spiro atoms. The number of likely N-dealkylation sites (N-methyl/N-ethyl adjacent to an activating group) is 1. The number of quaternary nitrogens is 1. The van der Waals surface area contributed by atoms with E-state index in [1.807, 2.05) is 21.1 Å². The summed E-state index contributed by atoms with van der Waals surface area (Å²) in [5.74, 6) is -1.99. The molecule has 9 nitrogen and oxygen atoms in total. The van der Waals surface area contributed by atoms with Crippen LogP contribution in [0.25, 0.3) is 0 Å². The van der Waals surface area contributed by atoms with E-state index >= 15 is 0 Å². The first-order valence-electron chi connectivity index (χ1n) is 31.2. The van der Waals surface area contributed by atoms with Gasteiger partial charge in [-0.1, -0.05) is 269 Å². The first-order valence-corrected chi connectivity index (χ1v) is 31.2. The molecule has 0 bridgehead atoms. The molecule has 0 rings (SSSR count). The van der Waals surface area contributed by atoms with E-state index in [-0.39, 0.29) is 32.2 Å². The van der Waals surface area contributed by atoms with Gasteiger partial charge < -0.3 is 28.5 Å². The number of carboxylic acids is 1. The fraction of sp³-hybridized carbons (Fsp3) is 0.859. The first-order chi connectivity index (χ1) is 35.6. The number of aliphatic carboxylic acids is 1. The summed E-state index contributed by atoms with van der Waals surface area (Å²) in [4.78, 5) is 37.5. The van der Waals surface area contributed by atoms with E-state index in [0.717, 1.165) is 51.4 Å². The van der Waals surface area contributed by atoms with Gasteiger partial charge in [-0.05, 0) is 51.4 Å². The van der Waals surface area contributed by atoms with Crippen LogP contribution in [0.15, 0.2) is 36.5 Å². The van der Waals surface area contributed by atoms with Crippen molar-refractivity contribution in [3.63, 3.8) is 0 Å². The lowest BCUT2D eigenvalue weighted by atomic mass is 10.0. The van der Waals surface area contributed by atoms with Crippen LogP contribution >= 0.6 is 0 Å². The van der Waals surface area contributed by atoms with Gasteiger partial charge >= 0.3 is 17.9 Å². The Morgan fingerprint density at radius 1 is 0.411 bits per heavy atom. The minimum atomic E-state index is -1.51. The molecule has 9 heteroatoms. The summed E-state index contributed by atoms with van der Waals surface area (Å²) >= 11 is 0. The van der Waals surface area contributed by atoms with Gasteiger partial charge in [0.25, 0.3) is 6.29 Å². The fourth-order valence-corrected chi connectivity index (χ4v) is 9.08. The molecule has 0 aromatic heterocycles. The molecule has 0 saturated heterocycles. The third kappa shape index (κ3) is 57.1. The van der Waals surface area contributed by atoms with Crippen LogP contribution < -0.4 is 0 Å². The summed E-state index contributed by atoms with van der Waals surface area (Å²) in [6.07, 6.45) is 65.1. The number of allylic oxidation sites excluding steroid dienone is 6. The molecule has 0 radical (unpaired) electrons. The predicted octanol–water partition coefficient (Wildman–Crippen LogP) is 18.5. The lowest BCUT2D eigenvalue weighted by molar-refractivity contribution is -0.870. The van der Waals surface area contributed by atoms with E-state index in [9.17, 15) is 19.5 Å². The van der Waals surface area contributed by atoms with E-state index in [1.165, 1.54) is 218 Å². The normalized spacial score (nSPS) is 12.9. The zero-order valence-electron chi connectivity index (χ0n) is 48.8. The number of hydrogen-bond donors (Lipinski definition) is 1. The van der Waals surface area contributed by atoms with E-state index in [2.05, 4.69) is 50.3 Å². The molecule has 2 unspecified atom stereocenters. The molecule has 0 aliphatic carbocycles. The van der Waals surface area contributed by atoms with Crippen LogP contribution in [0.5, 0.6) is 0 Å². The Balaban J connectivity index is 4.18. The molecule has 1 N–H and O–H groups in total. The second-order valence-corrected chi connectivity index (χ2v) is 22.4. The molecule has 0 aliphatic heterocycles. The summed E-state index contributed by atoms with van der Waals surface area (Å²) in [5.41, 5.74) is 0. The quantitative estimate of drug-likeness (QED) is 0.0211. The van der Waals surface area contributed by atoms with Crippen LogP contribution in [-0.2, 0) is 33.3 Å². The molecule has 0 amide bonds. The Labute approximate surface area is 451 Å². The van der Waals surface area contributed by atoms with Crippen LogP contribution in [0, 0.1) is 0 Å². The molecule has 0 aliphatic rings. The number of ether oxygens (including phenoxy) is 4. The highest BCUT2D eigenvalue weighted by molar-refractivity contribution is 5.71. The van der Waals surface area contributed by atoms with Gasteiger partial charge in [0.2, 0.25) is 0 Å². The zero-order valence-corrected chi connectivity index (χ0v) is 48.8. The highest BCUT2D eigenvalue weighted by Gasteiger charge is 2.25. The molecule has 0 aromatic carbocycles. The summed E-state index contributed by atoms with van der Waals surface area (Å²) < 4.78 is 22.9. The zero-order chi connectivity index (χ0) is 53.4. The number of esters is 2. The summed E-state index contributed by atoms with van der Waals surface area (Å²) in [6, 6.07) is 0. The Kier molecular flexibility index (Phi) is 53.8. The van der Waals surface area contributed by atoms with Crippen LogP contribution in [-0.4, -0.2) is 87.4 Å². The smallest absolute Gasteiger partial charge is 0.361 e. The maximum atomic E-state index is 12.9. The van der Waals surface area contributed by atoms with Crippen LogP contribution in [0.2, 0.25) is 0 Å². The number of unbranched alkanes of at least 4 members (excludes halogenated alkanes) is 37. The van der Waals surface area contributed by atoms with Crippen LogP contribution in [0.4, 0.5) is 0 Å². The van der Waals surface area contributed by atoms with Gasteiger partial charge in [0.15, 0.2) is 6.10 Å². The van der Waals surface area contributed by atoms with Crippen molar-refractivity contribution >= 4 is 17.9 Å². The van der Waals surface area contributed by atoms with Gasteiger partial charge in [0.1, 0.15) is 13.2 Å². The van der Waals surface area contributed by atoms with Crippen molar-refractivity contribution in [2.24, 2.45) is 0 Å². The Morgan fingerprint density at radius 3 is 1.10 bits per heavy atom. The van der Waals surface area contributed by atoms with E-state index in [0.29, 0.717) is 17.4 Å². The number of nitrogens with zero attached hydrogens (tertiary/aromatic N) is 1. The molecule has 0 aromatic rings. The van der Waals surface area contributed by atoms with Crippen molar-refractivity contribution in [1.29, 1.82) is 0 Å². The van der Waals surface area contributed by atoms with E-state index in [4.69, 9.17) is 18.9 Å². The van der Waals surface area contributed by atoms with Crippen molar-refractivity contribution < 1.29 is 42.9 Å². The first kappa shape index (κ1) is 70.5. The number of carboxylic acid groups (broad SMARTS) is 1. The number of carbonyl (C=O) groups is 3. The van der Waals surface area contributed by atoms with Crippen molar-refractivity contribution in [3.05, 3.63) is 36.5 Å². The highest BCUT2D eigenvalue weighted by Crippen LogP contribution is 2.17. The standard InChI is InChI=1S/C64H119NO8/c1-6-8-10-12-14-16-18-20-22-24-26-28-29-30-31-32-33-35-37-39-41-43-45-47-49-51-53-55-62(67)73-60(59-72-64(63(68)69)70-57-56-65(3,4)5)58-71-61(66)54-52-50-48-46-44-42-40-38-36-34-27-25-23-21-19-17-15-13-11-9-7-2/h18,20,24,26,29-30,60,64H,6-17,19,21-23,25,27-28,31-59H2,1-5H3/p+1/b20-18-,26-24-,30-29-. The average molecular weight is 1030 g/mol. The predicted molar refractivity (Wildman–Crippen MR) is 309 cm³/mol. The minimum Gasteiger partial charge on any atom is -0.477 e. The summed E-state index contributed by atoms with van der Waals surface area (Å²) in [6.45, 7) is 4.91. The number of rotatable bonds is 58. The molecule has 0 heterocycles. The van der Waals surface area contributed by atoms with Gasteiger partial charge in [-0.2, -0.15) is 0 Å². The topological polar surface area (TPSA) is 108 Å². The van der Waals surface area contributed by atoms with Crippen molar-refractivity contribution in [2.45, 2.75) is 309 Å². The summed E-state index contributed by atoms with van der Waals surface area (Å²) in [7, 11) is 5.98. The van der Waals surface area contributed by atoms with Crippen molar-refractivity contribution in [3.8, 4) is 0 Å². The largest absolute Gasteiger partial charge is 0.477 e. The van der Waals surface area contributed by atoms with Crippen LogP contribution in [0.1, 0.15) is 296 Å². The number of hydrogen-bond acceptors (Lipinski definition) is 7. The maximum absolute atomic E-state index is 12.9. The lowest BCUT2D eigenvalue weighted by Crippen LogP contribution is -2.40. The monoisotopic (exact) mass is 1030 g/mol. The second-order valence-electron chi connectivity index (χ2n) is 22.4. The summed E-state index contributed by atoms with van der Waals surface area (Å²) in [5, 5.41) is 9.72. The van der Waals surface area contributed by atoms with Gasteiger partial charge in [0, 0.05) is 12.8 Å². The van der Waals surface area contributed by atoms with Crippen LogP contribution in [0.3, 0.4) is 0 Å². The molecular formula is C64H120NO8+. The van der Waals surface area contributed by atoms with Gasteiger partial charge in [-0.15, -0.1) is 0 Å².